The van der Waals surface area contributed by atoms with Crippen LogP contribution in [0.15, 0.2) is 0 Å². The van der Waals surface area contributed by atoms with E-state index in [4.69, 9.17) is 5.73 Å². The van der Waals surface area contributed by atoms with Crippen molar-refractivity contribution in [2.75, 3.05) is 26.2 Å². The normalized spacial score (nSPS) is 21.9. The van der Waals surface area contributed by atoms with Crippen LogP contribution in [0.2, 0.25) is 0 Å². The van der Waals surface area contributed by atoms with Gasteiger partial charge in [0, 0.05) is 44.7 Å². The summed E-state index contributed by atoms with van der Waals surface area (Å²) in [7, 11) is 0. The van der Waals surface area contributed by atoms with Crippen molar-refractivity contribution in [2.45, 2.75) is 39.3 Å². The average Bonchev–Trinajstić information content (AvgIpc) is 2.39. The summed E-state index contributed by atoms with van der Waals surface area (Å²) in [6.07, 6.45) is 0.627. The van der Waals surface area contributed by atoms with Gasteiger partial charge >= 0.3 is 0 Å². The van der Waals surface area contributed by atoms with Crippen molar-refractivity contribution >= 4 is 5.91 Å². The molecule has 0 bridgehead atoms. The fourth-order valence-corrected chi connectivity index (χ4v) is 1.99. The van der Waals surface area contributed by atoms with Gasteiger partial charge in [-0.15, -0.1) is 0 Å². The lowest BCUT2D eigenvalue weighted by molar-refractivity contribution is -0.131. The molecular formula is C11H23N3O. The number of hydrogen-bond acceptors (Lipinski definition) is 3. The summed E-state index contributed by atoms with van der Waals surface area (Å²) in [5.41, 5.74) is 5.64. The zero-order valence-corrected chi connectivity index (χ0v) is 10.1. The van der Waals surface area contributed by atoms with Crippen molar-refractivity contribution in [3.63, 3.8) is 0 Å². The van der Waals surface area contributed by atoms with E-state index in [1.807, 2.05) is 4.90 Å². The maximum atomic E-state index is 11.8. The minimum Gasteiger partial charge on any atom is -0.339 e. The number of carbonyl (C=O) groups excluding carboxylic acids is 1. The summed E-state index contributed by atoms with van der Waals surface area (Å²) >= 11 is 0. The van der Waals surface area contributed by atoms with Crippen molar-refractivity contribution in [1.29, 1.82) is 0 Å². The second kappa shape index (κ2) is 5.47. The first-order chi connectivity index (χ1) is 7.06. The highest BCUT2D eigenvalue weighted by Crippen LogP contribution is 2.10. The minimum atomic E-state index is 0.275. The van der Waals surface area contributed by atoms with Gasteiger partial charge in [0.2, 0.25) is 5.91 Å². The maximum Gasteiger partial charge on any atom is 0.224 e. The second-order valence-electron chi connectivity index (χ2n) is 4.55. The summed E-state index contributed by atoms with van der Waals surface area (Å²) in [6.45, 7) is 9.55. The Morgan fingerprint density at radius 1 is 1.27 bits per heavy atom. The number of hydrogen-bond donors (Lipinski definition) is 1. The highest BCUT2D eigenvalue weighted by atomic mass is 16.2. The topological polar surface area (TPSA) is 49.6 Å². The molecule has 1 saturated heterocycles. The van der Waals surface area contributed by atoms with E-state index in [-0.39, 0.29) is 5.91 Å². The smallest absolute Gasteiger partial charge is 0.224 e. The molecule has 1 fully saturated rings. The van der Waals surface area contributed by atoms with E-state index in [2.05, 4.69) is 25.7 Å². The van der Waals surface area contributed by atoms with Gasteiger partial charge in [-0.2, -0.15) is 0 Å². The lowest BCUT2D eigenvalue weighted by atomic mass is 10.2. The van der Waals surface area contributed by atoms with Crippen molar-refractivity contribution in [1.82, 2.24) is 9.80 Å². The van der Waals surface area contributed by atoms with Gasteiger partial charge in [-0.3, -0.25) is 9.69 Å². The van der Waals surface area contributed by atoms with Crippen LogP contribution in [-0.4, -0.2) is 54.0 Å². The SMILES string of the molecule is CC(CN)N1CCC(=O)N(C(C)C)CC1. The largest absolute Gasteiger partial charge is 0.339 e. The third kappa shape index (κ3) is 3.18. The molecular weight excluding hydrogens is 190 g/mol. The Bertz CT molecular complexity index is 218. The van der Waals surface area contributed by atoms with Crippen LogP contribution < -0.4 is 5.73 Å². The van der Waals surface area contributed by atoms with Gasteiger partial charge in [0.25, 0.3) is 0 Å². The molecule has 4 heteroatoms. The van der Waals surface area contributed by atoms with Crippen molar-refractivity contribution in [3.8, 4) is 0 Å². The molecule has 1 atom stereocenters. The zero-order valence-electron chi connectivity index (χ0n) is 10.1. The Balaban J connectivity index is 2.57. The highest BCUT2D eigenvalue weighted by Gasteiger charge is 2.24. The van der Waals surface area contributed by atoms with Gasteiger partial charge in [-0.25, -0.2) is 0 Å². The summed E-state index contributed by atoms with van der Waals surface area (Å²) in [5.74, 6) is 0.275. The van der Waals surface area contributed by atoms with Crippen LogP contribution in [0.5, 0.6) is 0 Å². The van der Waals surface area contributed by atoms with Crippen LogP contribution in [0.25, 0.3) is 0 Å². The monoisotopic (exact) mass is 213 g/mol. The molecule has 1 amide bonds. The molecule has 0 aromatic carbocycles. The molecule has 4 nitrogen and oxygen atoms in total. The molecule has 1 unspecified atom stereocenters. The lowest BCUT2D eigenvalue weighted by Gasteiger charge is -2.27. The third-order valence-electron chi connectivity index (χ3n) is 3.15. The number of nitrogens with zero attached hydrogens (tertiary/aromatic N) is 2. The van der Waals surface area contributed by atoms with E-state index in [1.54, 1.807) is 0 Å². The number of nitrogens with two attached hydrogens (primary N) is 1. The molecule has 0 aromatic rings. The molecule has 0 spiro atoms. The average molecular weight is 213 g/mol. The van der Waals surface area contributed by atoms with Gasteiger partial charge in [-0.05, 0) is 20.8 Å². The van der Waals surface area contributed by atoms with Crippen LogP contribution in [0.4, 0.5) is 0 Å². The Hall–Kier alpha value is -0.610. The van der Waals surface area contributed by atoms with Crippen molar-refractivity contribution in [3.05, 3.63) is 0 Å². The summed E-state index contributed by atoms with van der Waals surface area (Å²) in [5, 5.41) is 0. The van der Waals surface area contributed by atoms with Gasteiger partial charge < -0.3 is 10.6 Å². The molecule has 1 aliphatic rings. The summed E-state index contributed by atoms with van der Waals surface area (Å²) in [6, 6.07) is 0.690. The zero-order chi connectivity index (χ0) is 11.4. The standard InChI is InChI=1S/C11H23N3O/c1-9(2)14-7-6-13(10(3)8-12)5-4-11(14)15/h9-10H,4-8,12H2,1-3H3. The summed E-state index contributed by atoms with van der Waals surface area (Å²) < 4.78 is 0. The molecule has 1 heterocycles. The molecule has 0 radical (unpaired) electrons. The molecule has 15 heavy (non-hydrogen) atoms. The van der Waals surface area contributed by atoms with Crippen LogP contribution in [-0.2, 0) is 4.79 Å². The fourth-order valence-electron chi connectivity index (χ4n) is 1.99. The quantitative estimate of drug-likeness (QED) is 0.732. The molecule has 1 rings (SSSR count). The van der Waals surface area contributed by atoms with Crippen LogP contribution in [0.3, 0.4) is 0 Å². The fraction of sp³-hybridized carbons (Fsp3) is 0.909. The van der Waals surface area contributed by atoms with Gasteiger partial charge in [0.15, 0.2) is 0 Å². The van der Waals surface area contributed by atoms with E-state index in [9.17, 15) is 4.79 Å². The predicted molar refractivity (Wildman–Crippen MR) is 61.6 cm³/mol. The molecule has 2 N–H and O–H groups in total. The Kier molecular flexibility index (Phi) is 4.54. The Morgan fingerprint density at radius 3 is 2.47 bits per heavy atom. The van der Waals surface area contributed by atoms with Crippen LogP contribution in [0.1, 0.15) is 27.2 Å². The summed E-state index contributed by atoms with van der Waals surface area (Å²) in [4.78, 5) is 16.0. The highest BCUT2D eigenvalue weighted by molar-refractivity contribution is 5.76. The van der Waals surface area contributed by atoms with E-state index >= 15 is 0 Å². The van der Waals surface area contributed by atoms with Crippen molar-refractivity contribution in [2.24, 2.45) is 5.73 Å². The van der Waals surface area contributed by atoms with Crippen molar-refractivity contribution < 1.29 is 4.79 Å². The first-order valence-corrected chi connectivity index (χ1v) is 5.79. The van der Waals surface area contributed by atoms with E-state index in [0.29, 0.717) is 25.0 Å². The van der Waals surface area contributed by atoms with E-state index in [1.165, 1.54) is 0 Å². The Morgan fingerprint density at radius 2 is 1.93 bits per heavy atom. The third-order valence-corrected chi connectivity index (χ3v) is 3.15. The molecule has 0 aromatic heterocycles. The maximum absolute atomic E-state index is 11.8. The number of amides is 1. The van der Waals surface area contributed by atoms with Gasteiger partial charge in [0.1, 0.15) is 0 Å². The van der Waals surface area contributed by atoms with Gasteiger partial charge in [0.05, 0.1) is 0 Å². The Labute approximate surface area is 92.4 Å². The number of rotatable bonds is 3. The lowest BCUT2D eigenvalue weighted by Crippen LogP contribution is -2.42. The van der Waals surface area contributed by atoms with Crippen LogP contribution in [0, 0.1) is 0 Å². The molecule has 1 aliphatic heterocycles. The molecule has 0 aliphatic carbocycles. The molecule has 88 valence electrons. The molecule has 0 saturated carbocycles. The van der Waals surface area contributed by atoms with Gasteiger partial charge in [-0.1, -0.05) is 0 Å². The first-order valence-electron chi connectivity index (χ1n) is 5.79. The van der Waals surface area contributed by atoms with E-state index < -0.39 is 0 Å². The minimum absolute atomic E-state index is 0.275. The second-order valence-corrected chi connectivity index (χ2v) is 4.55. The van der Waals surface area contributed by atoms with E-state index in [0.717, 1.165) is 19.6 Å². The predicted octanol–water partition coefficient (Wildman–Crippen LogP) is 0.276. The first kappa shape index (κ1) is 12.5. The number of carbonyl (C=O) groups is 1. The van der Waals surface area contributed by atoms with Crippen LogP contribution >= 0.6 is 0 Å².